The van der Waals surface area contributed by atoms with E-state index in [1.807, 2.05) is 19.1 Å². The average molecular weight is 331 g/mol. The summed E-state index contributed by atoms with van der Waals surface area (Å²) in [5.41, 5.74) is 1.91. The number of benzene rings is 1. The van der Waals surface area contributed by atoms with Crippen molar-refractivity contribution in [3.8, 4) is 0 Å². The lowest BCUT2D eigenvalue weighted by Gasteiger charge is -2.39. The van der Waals surface area contributed by atoms with E-state index in [9.17, 15) is 9.18 Å². The molecule has 2 aromatic rings. The van der Waals surface area contributed by atoms with Gasteiger partial charge in [0.05, 0.1) is 5.69 Å². The van der Waals surface area contributed by atoms with E-state index in [2.05, 4.69) is 14.5 Å². The molecule has 4 rings (SSSR count). The maximum Gasteiger partial charge on any atom is 0.268 e. The van der Waals surface area contributed by atoms with Gasteiger partial charge in [-0.05, 0) is 67.8 Å². The van der Waals surface area contributed by atoms with E-state index >= 15 is 0 Å². The van der Waals surface area contributed by atoms with Crippen molar-refractivity contribution in [1.82, 2.24) is 14.5 Å². The Bertz CT molecular complexity index is 716. The Labute approximate surface area is 138 Å². The number of halogens is 1. The van der Waals surface area contributed by atoms with Gasteiger partial charge in [-0.25, -0.2) is 4.39 Å². The summed E-state index contributed by atoms with van der Waals surface area (Å²) in [6.45, 7) is 1.84. The zero-order valence-corrected chi connectivity index (χ0v) is 13.7. The van der Waals surface area contributed by atoms with Crippen molar-refractivity contribution in [3.63, 3.8) is 0 Å². The second-order valence-electron chi connectivity index (χ2n) is 6.50. The number of carbonyl (C=O) groups excluding carboxylic acids is 1. The van der Waals surface area contributed by atoms with Gasteiger partial charge in [0.15, 0.2) is 0 Å². The van der Waals surface area contributed by atoms with Crippen molar-refractivity contribution in [3.05, 3.63) is 46.2 Å². The Morgan fingerprint density at radius 1 is 1.22 bits per heavy atom. The molecule has 23 heavy (non-hydrogen) atoms. The summed E-state index contributed by atoms with van der Waals surface area (Å²) in [7, 11) is 0. The third-order valence-electron chi connectivity index (χ3n) is 5.15. The molecular weight excluding hydrogens is 313 g/mol. The number of aromatic nitrogens is 2. The molecule has 2 bridgehead atoms. The molecule has 0 aliphatic carbocycles. The first-order valence-corrected chi connectivity index (χ1v) is 8.78. The van der Waals surface area contributed by atoms with Gasteiger partial charge in [0.2, 0.25) is 0 Å². The Balaban J connectivity index is 1.55. The fourth-order valence-electron chi connectivity index (χ4n) is 4.06. The van der Waals surface area contributed by atoms with Crippen molar-refractivity contribution in [2.75, 3.05) is 0 Å². The lowest BCUT2D eigenvalue weighted by molar-refractivity contribution is 0.0575. The number of carbonyl (C=O) groups is 1. The minimum Gasteiger partial charge on any atom is -0.332 e. The molecule has 0 N–H and O–H groups in total. The van der Waals surface area contributed by atoms with Gasteiger partial charge in [-0.1, -0.05) is 16.6 Å². The van der Waals surface area contributed by atoms with E-state index in [4.69, 9.17) is 0 Å². The van der Waals surface area contributed by atoms with Crippen LogP contribution < -0.4 is 0 Å². The molecule has 0 spiro atoms. The SMILES string of the molecule is Cc1nnsc1C(=O)N1C2CCC1CC(c1ccc(F)cc1)C2. The van der Waals surface area contributed by atoms with Crippen LogP contribution in [0.4, 0.5) is 4.39 Å². The molecule has 1 aromatic heterocycles. The summed E-state index contributed by atoms with van der Waals surface area (Å²) < 4.78 is 17.0. The van der Waals surface area contributed by atoms with Gasteiger partial charge in [0.1, 0.15) is 10.7 Å². The highest BCUT2D eigenvalue weighted by Gasteiger charge is 2.44. The van der Waals surface area contributed by atoms with Crippen molar-refractivity contribution in [1.29, 1.82) is 0 Å². The number of hydrogen-bond donors (Lipinski definition) is 0. The van der Waals surface area contributed by atoms with Gasteiger partial charge < -0.3 is 4.90 Å². The molecule has 1 aromatic carbocycles. The van der Waals surface area contributed by atoms with Crippen LogP contribution in [0.15, 0.2) is 24.3 Å². The number of fused-ring (bicyclic) bond motifs is 2. The molecule has 0 radical (unpaired) electrons. The molecule has 120 valence electrons. The largest absolute Gasteiger partial charge is 0.332 e. The molecule has 2 atom stereocenters. The van der Waals surface area contributed by atoms with E-state index in [1.54, 1.807) is 0 Å². The second kappa shape index (κ2) is 5.67. The van der Waals surface area contributed by atoms with Crippen LogP contribution in [0.5, 0.6) is 0 Å². The summed E-state index contributed by atoms with van der Waals surface area (Å²) in [6, 6.07) is 7.38. The van der Waals surface area contributed by atoms with Crippen molar-refractivity contribution in [2.45, 2.75) is 50.6 Å². The van der Waals surface area contributed by atoms with Crippen LogP contribution in [0.3, 0.4) is 0 Å². The van der Waals surface area contributed by atoms with Gasteiger partial charge in [-0.3, -0.25) is 4.79 Å². The second-order valence-corrected chi connectivity index (χ2v) is 7.26. The number of nitrogens with zero attached hydrogens (tertiary/aromatic N) is 3. The Morgan fingerprint density at radius 3 is 2.43 bits per heavy atom. The maximum absolute atomic E-state index is 13.1. The minimum absolute atomic E-state index is 0.0857. The average Bonchev–Trinajstić information content (AvgIpc) is 3.08. The van der Waals surface area contributed by atoms with Crippen molar-refractivity contribution in [2.24, 2.45) is 0 Å². The van der Waals surface area contributed by atoms with Gasteiger partial charge >= 0.3 is 0 Å². The molecule has 3 heterocycles. The quantitative estimate of drug-likeness (QED) is 0.845. The van der Waals surface area contributed by atoms with Crippen LogP contribution in [-0.4, -0.2) is 32.5 Å². The fourth-order valence-corrected chi connectivity index (χ4v) is 4.66. The van der Waals surface area contributed by atoms with E-state index in [1.165, 1.54) is 29.2 Å². The van der Waals surface area contributed by atoms with Gasteiger partial charge in [-0.15, -0.1) is 5.10 Å². The molecule has 4 nitrogen and oxygen atoms in total. The van der Waals surface area contributed by atoms with Gasteiger partial charge in [0, 0.05) is 12.1 Å². The summed E-state index contributed by atoms with van der Waals surface area (Å²) >= 11 is 1.19. The van der Waals surface area contributed by atoms with E-state index < -0.39 is 0 Å². The van der Waals surface area contributed by atoms with E-state index in [-0.39, 0.29) is 23.8 Å². The van der Waals surface area contributed by atoms with Crippen LogP contribution in [-0.2, 0) is 0 Å². The normalized spacial score (nSPS) is 26.5. The van der Waals surface area contributed by atoms with Gasteiger partial charge in [-0.2, -0.15) is 0 Å². The molecule has 1 amide bonds. The highest BCUT2D eigenvalue weighted by atomic mass is 32.1. The minimum atomic E-state index is -0.197. The topological polar surface area (TPSA) is 46.1 Å². The molecule has 2 saturated heterocycles. The van der Waals surface area contributed by atoms with Crippen LogP contribution in [0, 0.1) is 12.7 Å². The highest BCUT2D eigenvalue weighted by Crippen LogP contribution is 2.43. The first-order chi connectivity index (χ1) is 11.1. The predicted molar refractivity (Wildman–Crippen MR) is 86.0 cm³/mol. The summed E-state index contributed by atoms with van der Waals surface area (Å²) in [5, 5.41) is 3.96. The predicted octanol–water partition coefficient (Wildman–Crippen LogP) is 3.54. The lowest BCUT2D eigenvalue weighted by Crippen LogP contribution is -2.46. The molecular formula is C17H18FN3OS. The third-order valence-corrected chi connectivity index (χ3v) is 5.97. The Hall–Kier alpha value is -1.82. The van der Waals surface area contributed by atoms with E-state index in [0.717, 1.165) is 31.4 Å². The maximum atomic E-state index is 13.1. The van der Waals surface area contributed by atoms with Crippen LogP contribution in [0.1, 0.15) is 52.5 Å². The third kappa shape index (κ3) is 2.55. The van der Waals surface area contributed by atoms with Crippen LogP contribution >= 0.6 is 11.5 Å². The molecule has 6 heteroatoms. The Morgan fingerprint density at radius 2 is 1.87 bits per heavy atom. The zero-order valence-electron chi connectivity index (χ0n) is 12.9. The van der Waals surface area contributed by atoms with Crippen molar-refractivity contribution >= 4 is 17.4 Å². The first kappa shape index (κ1) is 14.8. The fraction of sp³-hybridized carbons (Fsp3) is 0.471. The monoisotopic (exact) mass is 331 g/mol. The highest BCUT2D eigenvalue weighted by molar-refractivity contribution is 7.07. The number of rotatable bonds is 2. The molecule has 2 aliphatic heterocycles. The lowest BCUT2D eigenvalue weighted by atomic mass is 9.85. The number of amides is 1. The smallest absolute Gasteiger partial charge is 0.268 e. The summed E-state index contributed by atoms with van der Waals surface area (Å²) in [5.74, 6) is 0.304. The zero-order chi connectivity index (χ0) is 16.0. The van der Waals surface area contributed by atoms with E-state index in [0.29, 0.717) is 10.8 Å². The summed E-state index contributed by atoms with van der Waals surface area (Å²) in [4.78, 5) is 15.6. The summed E-state index contributed by atoms with van der Waals surface area (Å²) in [6.07, 6.45) is 4.02. The number of hydrogen-bond acceptors (Lipinski definition) is 4. The Kier molecular flexibility index (Phi) is 3.64. The van der Waals surface area contributed by atoms with Crippen LogP contribution in [0.2, 0.25) is 0 Å². The van der Waals surface area contributed by atoms with Gasteiger partial charge in [0.25, 0.3) is 5.91 Å². The standard InChI is InChI=1S/C17H18FN3OS/c1-10-16(23-20-19-10)17(22)21-14-6-7-15(21)9-12(8-14)11-2-4-13(18)5-3-11/h2-5,12,14-15H,6-9H2,1H3. The van der Waals surface area contributed by atoms with Crippen LogP contribution in [0.25, 0.3) is 0 Å². The molecule has 2 unspecified atom stereocenters. The van der Waals surface area contributed by atoms with Crippen molar-refractivity contribution < 1.29 is 9.18 Å². The number of piperidine rings is 1. The number of aryl methyl sites for hydroxylation is 1. The molecule has 2 aliphatic rings. The molecule has 0 saturated carbocycles. The first-order valence-electron chi connectivity index (χ1n) is 8.00. The molecule has 2 fully saturated rings.